The van der Waals surface area contributed by atoms with E-state index in [1.807, 2.05) is 0 Å². The predicted molar refractivity (Wildman–Crippen MR) is 63.7 cm³/mol. The molecular formula is C9H14O5S2. The van der Waals surface area contributed by atoms with E-state index in [0.29, 0.717) is 5.75 Å². The molecule has 0 aliphatic carbocycles. The van der Waals surface area contributed by atoms with Gasteiger partial charge in [-0.25, -0.2) is 4.79 Å². The van der Waals surface area contributed by atoms with Crippen LogP contribution in [0.25, 0.3) is 0 Å². The summed E-state index contributed by atoms with van der Waals surface area (Å²) < 4.78 is 4.89. The van der Waals surface area contributed by atoms with Crippen LogP contribution in [0, 0.1) is 0 Å². The van der Waals surface area contributed by atoms with Crippen molar-refractivity contribution in [2.24, 2.45) is 0 Å². The largest absolute Gasteiger partial charge is 0.480 e. The molecule has 16 heavy (non-hydrogen) atoms. The first-order valence-electron chi connectivity index (χ1n) is 4.52. The minimum Gasteiger partial charge on any atom is -0.480 e. The lowest BCUT2D eigenvalue weighted by atomic mass is 10.5. The number of carboxylic acids is 1. The molecule has 0 radical (unpaired) electrons. The number of ether oxygens (including phenoxy) is 1. The van der Waals surface area contributed by atoms with Crippen molar-refractivity contribution in [2.45, 2.75) is 19.1 Å². The van der Waals surface area contributed by atoms with Crippen LogP contribution >= 0.6 is 23.5 Å². The molecule has 0 aromatic rings. The van der Waals surface area contributed by atoms with Crippen LogP contribution in [-0.4, -0.2) is 45.5 Å². The van der Waals surface area contributed by atoms with E-state index in [4.69, 9.17) is 9.84 Å². The van der Waals surface area contributed by atoms with Crippen molar-refractivity contribution < 1.29 is 24.2 Å². The highest BCUT2D eigenvalue weighted by atomic mass is 32.2. The Hall–Kier alpha value is -0.530. The van der Waals surface area contributed by atoms with Gasteiger partial charge in [0.1, 0.15) is 6.61 Å². The third-order valence-corrected chi connectivity index (χ3v) is 3.49. The molecule has 0 aliphatic rings. The van der Waals surface area contributed by atoms with Crippen LogP contribution in [0.1, 0.15) is 13.8 Å². The number of thioether (sulfide) groups is 2. The second-order valence-corrected chi connectivity index (χ2v) is 5.62. The Bertz CT molecular complexity index is 267. The zero-order chi connectivity index (χ0) is 12.6. The molecule has 1 atom stereocenters. The van der Waals surface area contributed by atoms with Gasteiger partial charge >= 0.3 is 5.97 Å². The minimum atomic E-state index is -1.05. The summed E-state index contributed by atoms with van der Waals surface area (Å²) in [5.41, 5.74) is 0. The van der Waals surface area contributed by atoms with Gasteiger partial charge < -0.3 is 9.84 Å². The highest BCUT2D eigenvalue weighted by Gasteiger charge is 2.14. The van der Waals surface area contributed by atoms with E-state index >= 15 is 0 Å². The van der Waals surface area contributed by atoms with Crippen LogP contribution in [0.5, 0.6) is 0 Å². The second-order valence-electron chi connectivity index (χ2n) is 2.94. The number of hydrogen-bond donors (Lipinski definition) is 1. The van der Waals surface area contributed by atoms with E-state index in [1.54, 1.807) is 0 Å². The number of carbonyl (C=O) groups is 3. The second kappa shape index (κ2) is 8.60. The number of hydrogen-bond acceptors (Lipinski definition) is 6. The molecule has 0 fully saturated rings. The van der Waals surface area contributed by atoms with Gasteiger partial charge in [-0.15, -0.1) is 0 Å². The highest BCUT2D eigenvalue weighted by molar-refractivity contribution is 8.17. The SMILES string of the molecule is CC(=O)SCC(COCC(=O)O)SC(C)=O. The Balaban J connectivity index is 3.94. The lowest BCUT2D eigenvalue weighted by molar-refractivity contribution is -0.142. The molecule has 5 nitrogen and oxygen atoms in total. The van der Waals surface area contributed by atoms with Crippen LogP contribution in [0.2, 0.25) is 0 Å². The number of carbonyl (C=O) groups excluding carboxylic acids is 2. The lowest BCUT2D eigenvalue weighted by Crippen LogP contribution is -2.20. The molecule has 0 amide bonds. The van der Waals surface area contributed by atoms with E-state index in [-0.39, 0.29) is 28.7 Å². The molecular weight excluding hydrogens is 252 g/mol. The lowest BCUT2D eigenvalue weighted by Gasteiger charge is -2.12. The number of carboxylic acid groups (broad SMARTS) is 1. The Morgan fingerprint density at radius 2 is 1.88 bits per heavy atom. The molecule has 1 N–H and O–H groups in total. The standard InChI is InChI=1S/C9H14O5S2/c1-6(10)15-5-8(16-7(2)11)3-14-4-9(12)13/h8H,3-5H2,1-2H3,(H,12,13). The average Bonchev–Trinajstić information content (AvgIpc) is 2.12. The Morgan fingerprint density at radius 1 is 1.25 bits per heavy atom. The maximum absolute atomic E-state index is 10.9. The molecule has 0 aromatic heterocycles. The molecule has 7 heteroatoms. The van der Waals surface area contributed by atoms with E-state index in [2.05, 4.69) is 0 Å². The Morgan fingerprint density at radius 3 is 2.31 bits per heavy atom. The van der Waals surface area contributed by atoms with Gasteiger partial charge in [0.15, 0.2) is 10.2 Å². The molecule has 0 rings (SSSR count). The van der Waals surface area contributed by atoms with E-state index in [0.717, 1.165) is 23.5 Å². The fourth-order valence-electron chi connectivity index (χ4n) is 0.839. The molecule has 0 bridgehead atoms. The molecule has 1 unspecified atom stereocenters. The summed E-state index contributed by atoms with van der Waals surface area (Å²) in [7, 11) is 0. The van der Waals surface area contributed by atoms with Gasteiger partial charge in [-0.2, -0.15) is 0 Å². The summed E-state index contributed by atoms with van der Waals surface area (Å²) in [5.74, 6) is -0.607. The molecule has 0 heterocycles. The van der Waals surface area contributed by atoms with Crippen LogP contribution in [0.3, 0.4) is 0 Å². The summed E-state index contributed by atoms with van der Waals surface area (Å²) in [6, 6.07) is 0. The molecule has 0 saturated heterocycles. The monoisotopic (exact) mass is 266 g/mol. The first-order chi connectivity index (χ1) is 7.41. The average molecular weight is 266 g/mol. The first kappa shape index (κ1) is 15.5. The van der Waals surface area contributed by atoms with Crippen molar-refractivity contribution in [1.29, 1.82) is 0 Å². The van der Waals surface area contributed by atoms with Crippen molar-refractivity contribution in [3.63, 3.8) is 0 Å². The van der Waals surface area contributed by atoms with E-state index in [1.165, 1.54) is 13.8 Å². The normalized spacial score (nSPS) is 12.1. The quantitative estimate of drug-likeness (QED) is 0.736. The summed E-state index contributed by atoms with van der Waals surface area (Å²) in [5, 5.41) is 8.07. The predicted octanol–water partition coefficient (Wildman–Crippen LogP) is 1.02. The van der Waals surface area contributed by atoms with Crippen LogP contribution in [0.15, 0.2) is 0 Å². The maximum Gasteiger partial charge on any atom is 0.329 e. The van der Waals surface area contributed by atoms with Gasteiger partial charge in [-0.05, 0) is 0 Å². The van der Waals surface area contributed by atoms with Crippen molar-refractivity contribution in [3.05, 3.63) is 0 Å². The molecule has 0 aliphatic heterocycles. The third-order valence-electron chi connectivity index (χ3n) is 1.33. The summed E-state index contributed by atoms with van der Waals surface area (Å²) in [4.78, 5) is 31.9. The summed E-state index contributed by atoms with van der Waals surface area (Å²) in [6.07, 6.45) is 0. The Kier molecular flexibility index (Phi) is 8.32. The smallest absolute Gasteiger partial charge is 0.329 e. The summed E-state index contributed by atoms with van der Waals surface area (Å²) in [6.45, 7) is 2.63. The number of aliphatic carboxylic acids is 1. The first-order valence-corrected chi connectivity index (χ1v) is 6.38. The van der Waals surface area contributed by atoms with Gasteiger partial charge in [0.2, 0.25) is 0 Å². The fourth-order valence-corrected chi connectivity index (χ4v) is 2.47. The van der Waals surface area contributed by atoms with Crippen molar-refractivity contribution in [1.82, 2.24) is 0 Å². The number of rotatable bonds is 7. The molecule has 0 spiro atoms. The zero-order valence-electron chi connectivity index (χ0n) is 9.10. The van der Waals surface area contributed by atoms with Gasteiger partial charge in [-0.3, -0.25) is 9.59 Å². The van der Waals surface area contributed by atoms with Gasteiger partial charge in [0.05, 0.1) is 6.61 Å². The van der Waals surface area contributed by atoms with Crippen molar-refractivity contribution in [3.8, 4) is 0 Å². The fraction of sp³-hybridized carbons (Fsp3) is 0.667. The van der Waals surface area contributed by atoms with Gasteiger partial charge in [0, 0.05) is 24.9 Å². The highest BCUT2D eigenvalue weighted by Crippen LogP contribution is 2.18. The molecule has 92 valence electrons. The minimum absolute atomic E-state index is 0.0348. The van der Waals surface area contributed by atoms with Crippen molar-refractivity contribution in [2.75, 3.05) is 19.0 Å². The van der Waals surface area contributed by atoms with Gasteiger partial charge in [-0.1, -0.05) is 23.5 Å². The Labute approximate surface area is 102 Å². The molecule has 0 aromatic carbocycles. The zero-order valence-corrected chi connectivity index (χ0v) is 10.7. The van der Waals surface area contributed by atoms with E-state index < -0.39 is 5.97 Å². The van der Waals surface area contributed by atoms with Crippen LogP contribution in [0.4, 0.5) is 0 Å². The van der Waals surface area contributed by atoms with Crippen molar-refractivity contribution >= 4 is 39.7 Å². The summed E-state index contributed by atoms with van der Waals surface area (Å²) >= 11 is 2.16. The molecule has 0 saturated carbocycles. The maximum atomic E-state index is 10.9. The topological polar surface area (TPSA) is 80.7 Å². The van der Waals surface area contributed by atoms with Gasteiger partial charge in [0.25, 0.3) is 0 Å². The van der Waals surface area contributed by atoms with Crippen LogP contribution < -0.4 is 0 Å². The third kappa shape index (κ3) is 10.0. The van der Waals surface area contributed by atoms with Crippen LogP contribution in [-0.2, 0) is 19.1 Å². The van der Waals surface area contributed by atoms with E-state index in [9.17, 15) is 14.4 Å².